The number of benzene rings is 2. The highest BCUT2D eigenvalue weighted by molar-refractivity contribution is 6.44. The number of aliphatic imine (C=N–C) groups is 1. The molecule has 20 heavy (non-hydrogen) atoms. The van der Waals surface area contributed by atoms with Gasteiger partial charge in [0.25, 0.3) is 0 Å². The lowest BCUT2D eigenvalue weighted by Crippen LogP contribution is -2.17. The predicted octanol–water partition coefficient (Wildman–Crippen LogP) is 3.32. The van der Waals surface area contributed by atoms with E-state index in [1.165, 1.54) is 7.11 Å². The van der Waals surface area contributed by atoms with Gasteiger partial charge in [0.05, 0.1) is 12.8 Å². The second-order valence-electron chi connectivity index (χ2n) is 4.13. The van der Waals surface area contributed by atoms with Gasteiger partial charge in [-0.2, -0.15) is 0 Å². The van der Waals surface area contributed by atoms with Crippen LogP contribution in [0.4, 0.5) is 0 Å². The van der Waals surface area contributed by atoms with E-state index in [9.17, 15) is 4.79 Å². The summed E-state index contributed by atoms with van der Waals surface area (Å²) in [6.45, 7) is 3.91. The predicted molar refractivity (Wildman–Crippen MR) is 80.5 cm³/mol. The van der Waals surface area contributed by atoms with Gasteiger partial charge in [0.2, 0.25) is 0 Å². The van der Waals surface area contributed by atoms with Crippen LogP contribution in [0.25, 0.3) is 5.70 Å². The summed E-state index contributed by atoms with van der Waals surface area (Å²) in [6, 6.07) is 18.7. The summed E-state index contributed by atoms with van der Waals surface area (Å²) in [6.07, 6.45) is 0. The minimum absolute atomic E-state index is 0.252. The monoisotopic (exact) mass is 265 g/mol. The number of nitrogens with zero attached hydrogens (tertiary/aromatic N) is 1. The quantitative estimate of drug-likeness (QED) is 0.628. The van der Waals surface area contributed by atoms with E-state index in [-0.39, 0.29) is 5.71 Å². The molecule has 0 aliphatic heterocycles. The van der Waals surface area contributed by atoms with Crippen molar-refractivity contribution in [1.82, 2.24) is 0 Å². The fraction of sp³-hybridized carbons (Fsp3) is 0.0588. The number of methoxy groups -OCH3 is 1. The average molecular weight is 265 g/mol. The van der Waals surface area contributed by atoms with E-state index in [2.05, 4.69) is 11.6 Å². The van der Waals surface area contributed by atoms with E-state index >= 15 is 0 Å². The van der Waals surface area contributed by atoms with Crippen LogP contribution in [0, 0.1) is 0 Å². The molecule has 2 aromatic rings. The second-order valence-corrected chi connectivity index (χ2v) is 4.13. The molecule has 0 heterocycles. The second kappa shape index (κ2) is 6.48. The molecule has 0 fully saturated rings. The summed E-state index contributed by atoms with van der Waals surface area (Å²) in [5.41, 5.74) is 2.35. The third-order valence-corrected chi connectivity index (χ3v) is 2.78. The third kappa shape index (κ3) is 3.20. The van der Waals surface area contributed by atoms with Crippen LogP contribution in [-0.4, -0.2) is 18.8 Å². The van der Waals surface area contributed by atoms with Gasteiger partial charge in [-0.15, -0.1) is 0 Å². The smallest absolute Gasteiger partial charge is 0.357 e. The maximum Gasteiger partial charge on any atom is 0.357 e. The number of ether oxygens (including phenoxy) is 1. The van der Waals surface area contributed by atoms with Gasteiger partial charge < -0.3 is 4.74 Å². The molecule has 3 nitrogen and oxygen atoms in total. The van der Waals surface area contributed by atoms with Crippen molar-refractivity contribution < 1.29 is 9.53 Å². The van der Waals surface area contributed by atoms with E-state index in [1.807, 2.05) is 60.7 Å². The molecule has 0 aliphatic rings. The lowest BCUT2D eigenvalue weighted by molar-refractivity contribution is -0.132. The summed E-state index contributed by atoms with van der Waals surface area (Å²) < 4.78 is 4.79. The van der Waals surface area contributed by atoms with Crippen LogP contribution in [0.1, 0.15) is 11.1 Å². The standard InChI is InChI=1S/C17H15NO2/c1-13(14-9-5-3-6-10-14)18-16(17(19)20-2)15-11-7-4-8-12-15/h3-12H,1H2,2H3. The molecule has 0 unspecified atom stereocenters. The highest BCUT2D eigenvalue weighted by Crippen LogP contribution is 2.15. The van der Waals surface area contributed by atoms with Crippen molar-refractivity contribution in [3.63, 3.8) is 0 Å². The van der Waals surface area contributed by atoms with Crippen LogP contribution in [-0.2, 0) is 9.53 Å². The number of hydrogen-bond donors (Lipinski definition) is 0. The molecule has 0 saturated carbocycles. The molecule has 0 N–H and O–H groups in total. The van der Waals surface area contributed by atoms with Gasteiger partial charge in [-0.05, 0) is 5.56 Å². The highest BCUT2D eigenvalue weighted by atomic mass is 16.5. The molecule has 0 spiro atoms. The first-order chi connectivity index (χ1) is 9.72. The molecule has 0 saturated heterocycles. The van der Waals surface area contributed by atoms with Crippen LogP contribution < -0.4 is 0 Å². The molecule has 3 heteroatoms. The van der Waals surface area contributed by atoms with Crippen molar-refractivity contribution in [1.29, 1.82) is 0 Å². The Balaban J connectivity index is 2.40. The van der Waals surface area contributed by atoms with Crippen LogP contribution in [0.2, 0.25) is 0 Å². The van der Waals surface area contributed by atoms with Crippen molar-refractivity contribution in [2.24, 2.45) is 4.99 Å². The zero-order valence-corrected chi connectivity index (χ0v) is 11.2. The van der Waals surface area contributed by atoms with Crippen LogP contribution in [0.15, 0.2) is 72.2 Å². The van der Waals surface area contributed by atoms with Crippen LogP contribution >= 0.6 is 0 Å². The van der Waals surface area contributed by atoms with E-state index < -0.39 is 5.97 Å². The minimum atomic E-state index is -0.478. The minimum Gasteiger partial charge on any atom is -0.464 e. The molecule has 2 rings (SSSR count). The van der Waals surface area contributed by atoms with Crippen LogP contribution in [0.5, 0.6) is 0 Å². The average Bonchev–Trinajstić information content (AvgIpc) is 2.53. The summed E-state index contributed by atoms with van der Waals surface area (Å²) in [5, 5.41) is 0. The Labute approximate surface area is 118 Å². The number of esters is 1. The molecular formula is C17H15NO2. The van der Waals surface area contributed by atoms with Crippen LogP contribution in [0.3, 0.4) is 0 Å². The number of rotatable bonds is 4. The molecule has 0 radical (unpaired) electrons. The van der Waals surface area contributed by atoms with Crippen molar-refractivity contribution in [2.45, 2.75) is 0 Å². The van der Waals surface area contributed by atoms with E-state index in [4.69, 9.17) is 4.74 Å². The topological polar surface area (TPSA) is 38.7 Å². The van der Waals surface area contributed by atoms with Gasteiger partial charge >= 0.3 is 5.97 Å². The number of carbonyl (C=O) groups is 1. The van der Waals surface area contributed by atoms with Crippen molar-refractivity contribution in [3.8, 4) is 0 Å². The first-order valence-corrected chi connectivity index (χ1v) is 6.19. The van der Waals surface area contributed by atoms with Gasteiger partial charge in [-0.3, -0.25) is 0 Å². The lowest BCUT2D eigenvalue weighted by Gasteiger charge is -2.06. The van der Waals surface area contributed by atoms with Crippen molar-refractivity contribution in [3.05, 3.63) is 78.4 Å². The van der Waals surface area contributed by atoms with Crippen molar-refractivity contribution >= 4 is 17.4 Å². The summed E-state index contributed by atoms with van der Waals surface area (Å²) in [4.78, 5) is 16.2. The molecular weight excluding hydrogens is 250 g/mol. The highest BCUT2D eigenvalue weighted by Gasteiger charge is 2.14. The largest absolute Gasteiger partial charge is 0.464 e. The van der Waals surface area contributed by atoms with E-state index in [0.29, 0.717) is 11.3 Å². The zero-order valence-electron chi connectivity index (χ0n) is 11.2. The summed E-state index contributed by atoms with van der Waals surface area (Å²) in [7, 11) is 1.34. The summed E-state index contributed by atoms with van der Waals surface area (Å²) >= 11 is 0. The maximum absolute atomic E-state index is 11.9. The Bertz CT molecular complexity index is 631. The fourth-order valence-electron chi connectivity index (χ4n) is 1.75. The first kappa shape index (κ1) is 13.7. The Morgan fingerprint density at radius 3 is 1.95 bits per heavy atom. The Morgan fingerprint density at radius 2 is 1.45 bits per heavy atom. The van der Waals surface area contributed by atoms with Gasteiger partial charge in [0, 0.05) is 5.56 Å². The van der Waals surface area contributed by atoms with Gasteiger partial charge in [0.15, 0.2) is 5.71 Å². The normalized spacial score (nSPS) is 10.9. The first-order valence-electron chi connectivity index (χ1n) is 6.19. The fourth-order valence-corrected chi connectivity index (χ4v) is 1.75. The van der Waals surface area contributed by atoms with Gasteiger partial charge in [-0.25, -0.2) is 9.79 Å². The molecule has 0 aromatic heterocycles. The van der Waals surface area contributed by atoms with Gasteiger partial charge in [0.1, 0.15) is 0 Å². The Hall–Kier alpha value is -2.68. The van der Waals surface area contributed by atoms with E-state index in [1.54, 1.807) is 0 Å². The molecule has 0 aliphatic carbocycles. The zero-order chi connectivity index (χ0) is 14.4. The number of carbonyl (C=O) groups excluding carboxylic acids is 1. The summed E-state index contributed by atoms with van der Waals surface area (Å²) in [5.74, 6) is -0.478. The Morgan fingerprint density at radius 1 is 0.950 bits per heavy atom. The SMILES string of the molecule is C=C(N=C(C(=O)OC)c1ccccc1)c1ccccc1. The molecule has 2 aromatic carbocycles. The Kier molecular flexibility index (Phi) is 4.45. The third-order valence-electron chi connectivity index (χ3n) is 2.78. The molecule has 0 bridgehead atoms. The van der Waals surface area contributed by atoms with Crippen molar-refractivity contribution in [2.75, 3.05) is 7.11 Å². The van der Waals surface area contributed by atoms with E-state index in [0.717, 1.165) is 5.56 Å². The molecule has 100 valence electrons. The number of hydrogen-bond acceptors (Lipinski definition) is 3. The molecule has 0 amide bonds. The lowest BCUT2D eigenvalue weighted by atomic mass is 10.1. The molecule has 0 atom stereocenters. The van der Waals surface area contributed by atoms with Gasteiger partial charge in [-0.1, -0.05) is 67.2 Å². The maximum atomic E-state index is 11.9.